The number of benzene rings is 3. The van der Waals surface area contributed by atoms with Crippen LogP contribution in [0.15, 0.2) is 75.9 Å². The minimum Gasteiger partial charge on any atom is -0.493 e. The lowest BCUT2D eigenvalue weighted by atomic mass is 9.78. The van der Waals surface area contributed by atoms with E-state index in [-0.39, 0.29) is 11.5 Å². The van der Waals surface area contributed by atoms with Gasteiger partial charge in [-0.2, -0.15) is 0 Å². The lowest BCUT2D eigenvalue weighted by Gasteiger charge is -2.46. The maximum atomic E-state index is 13.1. The van der Waals surface area contributed by atoms with Gasteiger partial charge in [0.2, 0.25) is 0 Å². The molecule has 2 aliphatic rings. The van der Waals surface area contributed by atoms with Crippen LogP contribution in [0.25, 0.3) is 11.0 Å². The second-order valence-corrected chi connectivity index (χ2v) is 7.95. The molecule has 0 amide bonds. The molecule has 0 fully saturated rings. The van der Waals surface area contributed by atoms with Crippen molar-refractivity contribution in [3.05, 3.63) is 93.8 Å². The standard InChI is InChI=1S/C26H20O6/c1-28-21-12-11-15(13-22(21)29-2)26-14-18(16-7-3-6-10-20(16)31-26)23-24(32-26)17-8-4-5-9-19(17)30-25(23)27/h3-13,18H,14H2,1-2H3. The quantitative estimate of drug-likeness (QED) is 0.429. The van der Waals surface area contributed by atoms with E-state index in [1.54, 1.807) is 20.3 Å². The van der Waals surface area contributed by atoms with Crippen molar-refractivity contribution in [1.29, 1.82) is 0 Å². The number of hydrogen-bond acceptors (Lipinski definition) is 6. The summed E-state index contributed by atoms with van der Waals surface area (Å²) in [6.07, 6.45) is 0.426. The third-order valence-electron chi connectivity index (χ3n) is 6.28. The summed E-state index contributed by atoms with van der Waals surface area (Å²) in [5, 5.41) is 0.736. The summed E-state index contributed by atoms with van der Waals surface area (Å²) in [6.45, 7) is 0. The summed E-state index contributed by atoms with van der Waals surface area (Å²) >= 11 is 0. The molecule has 160 valence electrons. The fourth-order valence-corrected chi connectivity index (χ4v) is 4.80. The first-order valence-electron chi connectivity index (χ1n) is 10.4. The molecule has 0 N–H and O–H groups in total. The SMILES string of the molecule is COc1ccc(C23CC(c4ccccc4O2)c2c(c4ccccc4oc2=O)O3)cc1OC. The predicted molar refractivity (Wildman–Crippen MR) is 118 cm³/mol. The van der Waals surface area contributed by atoms with E-state index in [0.717, 1.165) is 16.5 Å². The van der Waals surface area contributed by atoms with Gasteiger partial charge < -0.3 is 23.4 Å². The van der Waals surface area contributed by atoms with Gasteiger partial charge in [-0.1, -0.05) is 30.3 Å². The molecule has 0 saturated heterocycles. The number of hydrogen-bond donors (Lipinski definition) is 0. The highest BCUT2D eigenvalue weighted by molar-refractivity contribution is 5.85. The molecule has 3 aromatic carbocycles. The highest BCUT2D eigenvalue weighted by atomic mass is 16.7. The Morgan fingerprint density at radius 1 is 0.906 bits per heavy atom. The molecule has 0 saturated carbocycles. The van der Waals surface area contributed by atoms with Crippen LogP contribution in [0, 0.1) is 0 Å². The third kappa shape index (κ3) is 2.56. The molecule has 32 heavy (non-hydrogen) atoms. The van der Waals surface area contributed by atoms with Crippen molar-refractivity contribution in [2.45, 2.75) is 18.1 Å². The average molecular weight is 428 g/mol. The highest BCUT2D eigenvalue weighted by Gasteiger charge is 2.51. The van der Waals surface area contributed by atoms with Gasteiger partial charge in [-0.3, -0.25) is 0 Å². The summed E-state index contributed by atoms with van der Waals surface area (Å²) in [4.78, 5) is 13.1. The molecule has 2 atom stereocenters. The summed E-state index contributed by atoms with van der Waals surface area (Å²) in [7, 11) is 3.19. The second kappa shape index (κ2) is 6.79. The molecule has 2 aliphatic heterocycles. The minimum atomic E-state index is -1.14. The van der Waals surface area contributed by atoms with E-state index >= 15 is 0 Å². The number of fused-ring (bicyclic) bond motifs is 8. The van der Waals surface area contributed by atoms with Crippen molar-refractivity contribution < 1.29 is 23.4 Å². The number of rotatable bonds is 3. The zero-order valence-corrected chi connectivity index (χ0v) is 17.6. The van der Waals surface area contributed by atoms with E-state index in [0.29, 0.717) is 40.6 Å². The monoisotopic (exact) mass is 428 g/mol. The highest BCUT2D eigenvalue weighted by Crippen LogP contribution is 2.55. The number of para-hydroxylation sites is 2. The lowest BCUT2D eigenvalue weighted by molar-refractivity contribution is -0.148. The summed E-state index contributed by atoms with van der Waals surface area (Å²) in [5.41, 5.74) is 2.33. The molecule has 1 aromatic heterocycles. The van der Waals surface area contributed by atoms with Crippen molar-refractivity contribution >= 4 is 11.0 Å². The largest absolute Gasteiger partial charge is 0.493 e. The van der Waals surface area contributed by atoms with Gasteiger partial charge in [0.05, 0.1) is 25.2 Å². The Hall–Kier alpha value is -3.93. The van der Waals surface area contributed by atoms with Crippen LogP contribution in [-0.2, 0) is 5.79 Å². The Morgan fingerprint density at radius 3 is 2.53 bits per heavy atom. The molecule has 3 heterocycles. The number of ether oxygens (including phenoxy) is 4. The van der Waals surface area contributed by atoms with Crippen LogP contribution in [-0.4, -0.2) is 14.2 Å². The molecule has 2 unspecified atom stereocenters. The predicted octanol–water partition coefficient (Wildman–Crippen LogP) is 4.97. The van der Waals surface area contributed by atoms with Crippen LogP contribution in [0.5, 0.6) is 23.0 Å². The second-order valence-electron chi connectivity index (χ2n) is 7.95. The van der Waals surface area contributed by atoms with E-state index in [9.17, 15) is 4.79 Å². The lowest BCUT2D eigenvalue weighted by Crippen LogP contribution is -2.48. The van der Waals surface area contributed by atoms with Crippen LogP contribution < -0.4 is 24.6 Å². The molecular weight excluding hydrogens is 408 g/mol. The van der Waals surface area contributed by atoms with Crippen molar-refractivity contribution in [3.63, 3.8) is 0 Å². The summed E-state index contributed by atoms with van der Waals surface area (Å²) < 4.78 is 29.8. The first-order valence-corrected chi connectivity index (χ1v) is 10.4. The first-order chi connectivity index (χ1) is 15.6. The van der Waals surface area contributed by atoms with Gasteiger partial charge in [-0.25, -0.2) is 4.79 Å². The zero-order valence-electron chi connectivity index (χ0n) is 17.6. The van der Waals surface area contributed by atoms with Gasteiger partial charge in [-0.15, -0.1) is 0 Å². The molecular formula is C26H20O6. The molecule has 6 rings (SSSR count). The molecule has 6 nitrogen and oxygen atoms in total. The molecule has 2 bridgehead atoms. The Kier molecular flexibility index (Phi) is 3.99. The van der Waals surface area contributed by atoms with Crippen LogP contribution in [0.1, 0.15) is 29.0 Å². The maximum Gasteiger partial charge on any atom is 0.343 e. The fourth-order valence-electron chi connectivity index (χ4n) is 4.80. The van der Waals surface area contributed by atoms with E-state index < -0.39 is 5.79 Å². The van der Waals surface area contributed by atoms with Crippen molar-refractivity contribution in [1.82, 2.24) is 0 Å². The van der Waals surface area contributed by atoms with Gasteiger partial charge in [0, 0.05) is 23.5 Å². The normalized spacial score (nSPS) is 20.5. The molecule has 0 radical (unpaired) electrons. The average Bonchev–Trinajstić information content (AvgIpc) is 2.83. The molecule has 6 heteroatoms. The van der Waals surface area contributed by atoms with Crippen molar-refractivity contribution in [3.8, 4) is 23.0 Å². The molecule has 0 aliphatic carbocycles. The van der Waals surface area contributed by atoms with E-state index in [1.165, 1.54) is 0 Å². The van der Waals surface area contributed by atoms with Crippen LogP contribution >= 0.6 is 0 Å². The van der Waals surface area contributed by atoms with Gasteiger partial charge in [0.25, 0.3) is 5.79 Å². The maximum absolute atomic E-state index is 13.1. The molecule has 4 aromatic rings. The van der Waals surface area contributed by atoms with Gasteiger partial charge in [-0.05, 0) is 36.4 Å². The summed E-state index contributed by atoms with van der Waals surface area (Å²) in [5.74, 6) is 0.988. The van der Waals surface area contributed by atoms with Crippen LogP contribution in [0.4, 0.5) is 0 Å². The Morgan fingerprint density at radius 2 is 1.69 bits per heavy atom. The summed E-state index contributed by atoms with van der Waals surface area (Å²) in [6, 6.07) is 20.7. The topological polar surface area (TPSA) is 67.1 Å². The smallest absolute Gasteiger partial charge is 0.343 e. The van der Waals surface area contributed by atoms with Crippen molar-refractivity contribution in [2.75, 3.05) is 14.2 Å². The Bertz CT molecular complexity index is 1420. The van der Waals surface area contributed by atoms with E-state index in [2.05, 4.69) is 0 Å². The Balaban J connectivity index is 1.65. The van der Waals surface area contributed by atoms with Crippen molar-refractivity contribution in [2.24, 2.45) is 0 Å². The Labute approximate surface area is 183 Å². The van der Waals surface area contributed by atoms with E-state index in [4.69, 9.17) is 23.4 Å². The van der Waals surface area contributed by atoms with E-state index in [1.807, 2.05) is 60.7 Å². The minimum absolute atomic E-state index is 0.238. The van der Waals surface area contributed by atoms with Gasteiger partial charge in [0.1, 0.15) is 17.1 Å². The third-order valence-corrected chi connectivity index (χ3v) is 6.28. The molecule has 0 spiro atoms. The van der Waals surface area contributed by atoms with Crippen LogP contribution in [0.3, 0.4) is 0 Å². The first kappa shape index (κ1) is 18.8. The van der Waals surface area contributed by atoms with Crippen LogP contribution in [0.2, 0.25) is 0 Å². The van der Waals surface area contributed by atoms with Gasteiger partial charge in [0.15, 0.2) is 11.5 Å². The van der Waals surface area contributed by atoms with Gasteiger partial charge >= 0.3 is 5.63 Å². The zero-order chi connectivity index (χ0) is 21.9. The fraction of sp³-hybridized carbons (Fsp3) is 0.192. The number of methoxy groups -OCH3 is 2.